The first-order valence-electron chi connectivity index (χ1n) is 9.30. The molecule has 27 heavy (non-hydrogen) atoms. The van der Waals surface area contributed by atoms with Gasteiger partial charge in [-0.25, -0.2) is 4.68 Å². The van der Waals surface area contributed by atoms with Crippen molar-refractivity contribution in [2.75, 3.05) is 10.6 Å². The van der Waals surface area contributed by atoms with Gasteiger partial charge in [0.1, 0.15) is 0 Å². The van der Waals surface area contributed by atoms with Crippen molar-refractivity contribution in [3.05, 3.63) is 54.9 Å². The Morgan fingerprint density at radius 3 is 2.41 bits per heavy atom. The number of amides is 1. The average Bonchev–Trinajstić information content (AvgIpc) is 3.26. The molecule has 1 amide bonds. The molecule has 0 radical (unpaired) electrons. The lowest BCUT2D eigenvalue weighted by Gasteiger charge is -2.20. The van der Waals surface area contributed by atoms with Crippen molar-refractivity contribution >= 4 is 23.1 Å². The highest BCUT2D eigenvalue weighted by Crippen LogP contribution is 2.25. The molecule has 7 heteroatoms. The van der Waals surface area contributed by atoms with Gasteiger partial charge in [-0.05, 0) is 55.3 Å². The van der Waals surface area contributed by atoms with Crippen LogP contribution in [0, 0.1) is 5.92 Å². The van der Waals surface area contributed by atoms with E-state index in [9.17, 15) is 4.79 Å². The van der Waals surface area contributed by atoms with Gasteiger partial charge in [0, 0.05) is 29.7 Å². The van der Waals surface area contributed by atoms with Crippen molar-refractivity contribution in [2.24, 2.45) is 5.92 Å². The van der Waals surface area contributed by atoms with E-state index in [-0.39, 0.29) is 11.8 Å². The summed E-state index contributed by atoms with van der Waals surface area (Å²) in [7, 11) is 0. The maximum atomic E-state index is 12.3. The minimum atomic E-state index is 0.135. The van der Waals surface area contributed by atoms with Gasteiger partial charge in [-0.2, -0.15) is 5.10 Å². The zero-order chi connectivity index (χ0) is 18.5. The number of carbonyl (C=O) groups excluding carboxylic acids is 1. The van der Waals surface area contributed by atoms with Crippen LogP contribution in [0.25, 0.3) is 5.82 Å². The number of nitrogens with zero attached hydrogens (tertiary/aromatic N) is 4. The number of rotatable bonds is 5. The lowest BCUT2D eigenvalue weighted by Crippen LogP contribution is -2.24. The molecule has 1 aliphatic rings. The van der Waals surface area contributed by atoms with Crippen molar-refractivity contribution < 1.29 is 4.79 Å². The minimum Gasteiger partial charge on any atom is -0.339 e. The van der Waals surface area contributed by atoms with E-state index in [2.05, 4.69) is 25.9 Å². The molecule has 1 aliphatic carbocycles. The fourth-order valence-electron chi connectivity index (χ4n) is 3.31. The summed E-state index contributed by atoms with van der Waals surface area (Å²) in [5.41, 5.74) is 1.70. The number of aromatic nitrogens is 4. The summed E-state index contributed by atoms with van der Waals surface area (Å²) in [5, 5.41) is 18.7. The maximum absolute atomic E-state index is 12.3. The molecule has 0 aliphatic heterocycles. The molecule has 1 aromatic carbocycles. The molecule has 3 aromatic rings. The summed E-state index contributed by atoms with van der Waals surface area (Å²) in [5.74, 6) is 1.59. The van der Waals surface area contributed by atoms with Gasteiger partial charge in [-0.3, -0.25) is 4.79 Å². The van der Waals surface area contributed by atoms with Crippen LogP contribution >= 0.6 is 0 Å². The molecule has 2 aromatic heterocycles. The molecule has 7 nitrogen and oxygen atoms in total. The summed E-state index contributed by atoms with van der Waals surface area (Å²) in [4.78, 5) is 12.3. The van der Waals surface area contributed by atoms with E-state index in [1.165, 1.54) is 6.42 Å². The Labute approximate surface area is 157 Å². The maximum Gasteiger partial charge on any atom is 0.227 e. The van der Waals surface area contributed by atoms with E-state index in [0.717, 1.165) is 37.1 Å². The molecule has 0 saturated heterocycles. The summed E-state index contributed by atoms with van der Waals surface area (Å²) < 4.78 is 1.65. The van der Waals surface area contributed by atoms with Crippen LogP contribution in [-0.2, 0) is 4.79 Å². The van der Waals surface area contributed by atoms with Crippen LogP contribution in [-0.4, -0.2) is 25.9 Å². The highest BCUT2D eigenvalue weighted by molar-refractivity contribution is 5.92. The fourth-order valence-corrected chi connectivity index (χ4v) is 3.31. The third-order valence-electron chi connectivity index (χ3n) is 4.79. The van der Waals surface area contributed by atoms with Crippen molar-refractivity contribution in [3.63, 3.8) is 0 Å². The topological polar surface area (TPSA) is 84.7 Å². The van der Waals surface area contributed by atoms with E-state index < -0.39 is 0 Å². The second kappa shape index (κ2) is 7.99. The molecule has 0 bridgehead atoms. The Morgan fingerprint density at radius 2 is 1.74 bits per heavy atom. The first-order chi connectivity index (χ1) is 13.3. The van der Waals surface area contributed by atoms with Gasteiger partial charge < -0.3 is 10.6 Å². The monoisotopic (exact) mass is 362 g/mol. The van der Waals surface area contributed by atoms with Crippen LogP contribution in [0.2, 0.25) is 0 Å². The van der Waals surface area contributed by atoms with E-state index in [4.69, 9.17) is 0 Å². The Hall–Kier alpha value is -3.22. The highest BCUT2D eigenvalue weighted by Gasteiger charge is 2.20. The number of carbonyl (C=O) groups is 1. The van der Waals surface area contributed by atoms with E-state index >= 15 is 0 Å². The minimum absolute atomic E-state index is 0.135. The predicted octanol–water partition coefficient (Wildman–Crippen LogP) is 3.92. The van der Waals surface area contributed by atoms with Crippen molar-refractivity contribution in [1.82, 2.24) is 20.0 Å². The van der Waals surface area contributed by atoms with Gasteiger partial charge in [0.15, 0.2) is 11.6 Å². The third kappa shape index (κ3) is 4.31. The molecule has 0 atom stereocenters. The number of benzene rings is 1. The van der Waals surface area contributed by atoms with Crippen molar-refractivity contribution in [3.8, 4) is 5.82 Å². The molecule has 2 N–H and O–H groups in total. The van der Waals surface area contributed by atoms with Gasteiger partial charge in [-0.15, -0.1) is 10.2 Å². The third-order valence-corrected chi connectivity index (χ3v) is 4.79. The standard InChI is InChI=1S/C20H22N6O/c27-20(15-5-2-1-3-6-15)23-17-9-7-16(8-10-17)22-18-11-12-19(25-24-18)26-14-4-13-21-26/h4,7-15H,1-3,5-6H2,(H,22,24)(H,23,27). The zero-order valence-electron chi connectivity index (χ0n) is 15.0. The van der Waals surface area contributed by atoms with Crippen molar-refractivity contribution in [1.29, 1.82) is 0 Å². The first-order valence-corrected chi connectivity index (χ1v) is 9.30. The van der Waals surface area contributed by atoms with Gasteiger partial charge in [0.25, 0.3) is 0 Å². The average molecular weight is 362 g/mol. The summed E-state index contributed by atoms with van der Waals surface area (Å²) in [6, 6.07) is 13.2. The van der Waals surface area contributed by atoms with Crippen LogP contribution in [0.3, 0.4) is 0 Å². The Bertz CT molecular complexity index is 868. The Morgan fingerprint density at radius 1 is 0.963 bits per heavy atom. The first kappa shape index (κ1) is 17.2. The molecule has 1 saturated carbocycles. The van der Waals surface area contributed by atoms with Gasteiger partial charge in [0.05, 0.1) is 0 Å². The lowest BCUT2D eigenvalue weighted by atomic mass is 9.88. The zero-order valence-corrected chi connectivity index (χ0v) is 15.0. The smallest absolute Gasteiger partial charge is 0.227 e. The Kier molecular flexibility index (Phi) is 5.09. The molecule has 138 valence electrons. The van der Waals surface area contributed by atoms with Gasteiger partial charge >= 0.3 is 0 Å². The fraction of sp³-hybridized carbons (Fsp3) is 0.300. The summed E-state index contributed by atoms with van der Waals surface area (Å²) in [6.07, 6.45) is 9.07. The predicted molar refractivity (Wildman–Crippen MR) is 104 cm³/mol. The largest absolute Gasteiger partial charge is 0.339 e. The van der Waals surface area contributed by atoms with E-state index in [0.29, 0.717) is 11.6 Å². The number of hydrogen-bond donors (Lipinski definition) is 2. The van der Waals surface area contributed by atoms with Crippen LogP contribution < -0.4 is 10.6 Å². The second-order valence-corrected chi connectivity index (χ2v) is 6.75. The van der Waals surface area contributed by atoms with Crippen molar-refractivity contribution in [2.45, 2.75) is 32.1 Å². The van der Waals surface area contributed by atoms with Crippen LogP contribution in [0.1, 0.15) is 32.1 Å². The molecule has 0 spiro atoms. The van der Waals surface area contributed by atoms with Crippen LogP contribution in [0.15, 0.2) is 54.9 Å². The van der Waals surface area contributed by atoms with E-state index in [1.54, 1.807) is 10.9 Å². The lowest BCUT2D eigenvalue weighted by molar-refractivity contribution is -0.120. The molecular weight excluding hydrogens is 340 g/mol. The Balaban J connectivity index is 1.35. The molecule has 2 heterocycles. The van der Waals surface area contributed by atoms with E-state index in [1.807, 2.05) is 48.7 Å². The molecule has 1 fully saturated rings. The number of hydrogen-bond acceptors (Lipinski definition) is 5. The summed E-state index contributed by atoms with van der Waals surface area (Å²) >= 11 is 0. The number of nitrogens with one attached hydrogen (secondary N) is 2. The van der Waals surface area contributed by atoms with Crippen LogP contribution in [0.5, 0.6) is 0 Å². The van der Waals surface area contributed by atoms with Crippen LogP contribution in [0.4, 0.5) is 17.2 Å². The molecule has 0 unspecified atom stereocenters. The highest BCUT2D eigenvalue weighted by atomic mass is 16.1. The van der Waals surface area contributed by atoms with Gasteiger partial charge in [0.2, 0.25) is 5.91 Å². The second-order valence-electron chi connectivity index (χ2n) is 6.75. The normalized spacial score (nSPS) is 14.7. The molecule has 4 rings (SSSR count). The molecular formula is C20H22N6O. The number of anilines is 3. The SMILES string of the molecule is O=C(Nc1ccc(Nc2ccc(-n3cccn3)nn2)cc1)C1CCCCC1. The van der Waals surface area contributed by atoms with Gasteiger partial charge in [-0.1, -0.05) is 19.3 Å². The quantitative estimate of drug-likeness (QED) is 0.718. The summed E-state index contributed by atoms with van der Waals surface area (Å²) in [6.45, 7) is 0.